The van der Waals surface area contributed by atoms with E-state index in [0.717, 1.165) is 23.8 Å². The minimum atomic E-state index is 0.0651. The second kappa shape index (κ2) is 5.05. The second-order valence-corrected chi connectivity index (χ2v) is 5.41. The molecule has 0 bridgehead atoms. The average molecular weight is 233 g/mol. The number of anilines is 1. The number of nitrogens with two attached hydrogens (primary N) is 1. The third kappa shape index (κ3) is 2.78. The van der Waals surface area contributed by atoms with Gasteiger partial charge in [0, 0.05) is 24.8 Å². The molecule has 17 heavy (non-hydrogen) atoms. The molecule has 3 heteroatoms. The first-order valence-electron chi connectivity index (χ1n) is 6.56. The molecule has 2 heterocycles. The van der Waals surface area contributed by atoms with E-state index in [-0.39, 0.29) is 6.04 Å². The van der Waals surface area contributed by atoms with Crippen molar-refractivity contribution in [1.29, 1.82) is 0 Å². The number of aromatic nitrogens is 1. The fourth-order valence-electron chi connectivity index (χ4n) is 2.58. The lowest BCUT2D eigenvalue weighted by atomic mass is 9.93. The minimum Gasteiger partial charge on any atom is -0.354 e. The Hall–Kier alpha value is -1.09. The maximum atomic E-state index is 5.83. The molecule has 0 aliphatic carbocycles. The molecule has 0 saturated carbocycles. The van der Waals surface area contributed by atoms with Gasteiger partial charge in [0.15, 0.2) is 0 Å². The summed E-state index contributed by atoms with van der Waals surface area (Å²) in [5, 5.41) is 0. The number of hydrogen-bond donors (Lipinski definition) is 1. The van der Waals surface area contributed by atoms with Gasteiger partial charge in [0.1, 0.15) is 5.82 Å². The maximum absolute atomic E-state index is 5.83. The van der Waals surface area contributed by atoms with E-state index in [1.165, 1.54) is 12.8 Å². The summed E-state index contributed by atoms with van der Waals surface area (Å²) in [4.78, 5) is 6.95. The third-order valence-electron chi connectivity index (χ3n) is 3.73. The maximum Gasteiger partial charge on any atom is 0.128 e. The standard InChI is InChI=1S/C14H23N3/c1-10-6-7-17(11(2)8-10)14-5-4-13(9-16-14)12(3)15/h4-5,9-12H,6-8,15H2,1-3H3/t10?,11?,12-/m1/s1. The molecule has 1 saturated heterocycles. The van der Waals surface area contributed by atoms with Crippen molar-refractivity contribution in [3.8, 4) is 0 Å². The predicted molar refractivity (Wildman–Crippen MR) is 72.0 cm³/mol. The highest BCUT2D eigenvalue weighted by Crippen LogP contribution is 2.26. The van der Waals surface area contributed by atoms with Gasteiger partial charge in [0.2, 0.25) is 0 Å². The van der Waals surface area contributed by atoms with Crippen LogP contribution < -0.4 is 10.6 Å². The largest absolute Gasteiger partial charge is 0.354 e. The lowest BCUT2D eigenvalue weighted by Crippen LogP contribution is -2.40. The van der Waals surface area contributed by atoms with Gasteiger partial charge in [-0.2, -0.15) is 0 Å². The van der Waals surface area contributed by atoms with Crippen molar-refractivity contribution in [2.24, 2.45) is 11.7 Å². The molecule has 0 radical (unpaired) electrons. The Bertz CT molecular complexity index is 358. The number of piperidine rings is 1. The highest BCUT2D eigenvalue weighted by atomic mass is 15.2. The molecule has 1 aromatic heterocycles. The van der Waals surface area contributed by atoms with Crippen LogP contribution in [0.3, 0.4) is 0 Å². The Morgan fingerprint density at radius 1 is 1.41 bits per heavy atom. The zero-order chi connectivity index (χ0) is 12.4. The van der Waals surface area contributed by atoms with E-state index in [1.54, 1.807) is 0 Å². The molecule has 2 N–H and O–H groups in total. The fraction of sp³-hybridized carbons (Fsp3) is 0.643. The molecule has 1 aliphatic rings. The third-order valence-corrected chi connectivity index (χ3v) is 3.73. The average Bonchev–Trinajstić information content (AvgIpc) is 2.29. The van der Waals surface area contributed by atoms with Crippen LogP contribution in [0.25, 0.3) is 0 Å². The number of hydrogen-bond acceptors (Lipinski definition) is 3. The van der Waals surface area contributed by atoms with Crippen molar-refractivity contribution < 1.29 is 0 Å². The van der Waals surface area contributed by atoms with Crippen LogP contribution in [0.4, 0.5) is 5.82 Å². The zero-order valence-electron chi connectivity index (χ0n) is 11.1. The molecule has 3 nitrogen and oxygen atoms in total. The Kier molecular flexibility index (Phi) is 3.67. The van der Waals surface area contributed by atoms with E-state index in [9.17, 15) is 0 Å². The van der Waals surface area contributed by atoms with Crippen LogP contribution in [0, 0.1) is 5.92 Å². The van der Waals surface area contributed by atoms with Gasteiger partial charge in [0.05, 0.1) is 0 Å². The van der Waals surface area contributed by atoms with Gasteiger partial charge in [-0.1, -0.05) is 13.0 Å². The number of pyridine rings is 1. The molecule has 2 rings (SSSR count). The first-order valence-corrected chi connectivity index (χ1v) is 6.56. The van der Waals surface area contributed by atoms with Crippen molar-refractivity contribution in [3.05, 3.63) is 23.9 Å². The first kappa shape index (κ1) is 12.4. The molecule has 94 valence electrons. The Labute approximate surface area is 104 Å². The van der Waals surface area contributed by atoms with E-state index in [0.29, 0.717) is 6.04 Å². The van der Waals surface area contributed by atoms with E-state index in [4.69, 9.17) is 5.73 Å². The van der Waals surface area contributed by atoms with Gasteiger partial charge in [-0.15, -0.1) is 0 Å². The molecule has 1 fully saturated rings. The summed E-state index contributed by atoms with van der Waals surface area (Å²) in [7, 11) is 0. The van der Waals surface area contributed by atoms with Crippen LogP contribution in [0.1, 0.15) is 45.2 Å². The van der Waals surface area contributed by atoms with Gasteiger partial charge in [-0.3, -0.25) is 0 Å². The zero-order valence-corrected chi connectivity index (χ0v) is 11.1. The Morgan fingerprint density at radius 3 is 2.71 bits per heavy atom. The van der Waals surface area contributed by atoms with Gasteiger partial charge < -0.3 is 10.6 Å². The summed E-state index contributed by atoms with van der Waals surface area (Å²) in [6, 6.07) is 4.85. The summed E-state index contributed by atoms with van der Waals surface area (Å²) in [5.41, 5.74) is 6.94. The molecule has 3 atom stereocenters. The first-order chi connectivity index (χ1) is 8.08. The van der Waals surface area contributed by atoms with Crippen molar-refractivity contribution in [3.63, 3.8) is 0 Å². The molecular formula is C14H23N3. The summed E-state index contributed by atoms with van der Waals surface area (Å²) >= 11 is 0. The quantitative estimate of drug-likeness (QED) is 0.854. The van der Waals surface area contributed by atoms with Crippen LogP contribution in [-0.2, 0) is 0 Å². The summed E-state index contributed by atoms with van der Waals surface area (Å²) in [6.07, 6.45) is 4.43. The van der Waals surface area contributed by atoms with E-state index < -0.39 is 0 Å². The van der Waals surface area contributed by atoms with Crippen LogP contribution in [0.15, 0.2) is 18.3 Å². The molecular weight excluding hydrogens is 210 g/mol. The van der Waals surface area contributed by atoms with Crippen molar-refractivity contribution >= 4 is 5.82 Å². The lowest BCUT2D eigenvalue weighted by Gasteiger charge is -2.37. The van der Waals surface area contributed by atoms with Crippen molar-refractivity contribution in [1.82, 2.24) is 4.98 Å². The van der Waals surface area contributed by atoms with E-state index in [2.05, 4.69) is 35.9 Å². The van der Waals surface area contributed by atoms with Crippen LogP contribution in [0.5, 0.6) is 0 Å². The smallest absolute Gasteiger partial charge is 0.128 e. The lowest BCUT2D eigenvalue weighted by molar-refractivity contribution is 0.376. The number of rotatable bonds is 2. The minimum absolute atomic E-state index is 0.0651. The van der Waals surface area contributed by atoms with Crippen LogP contribution in [-0.4, -0.2) is 17.6 Å². The molecule has 0 amide bonds. The molecule has 0 aromatic carbocycles. The van der Waals surface area contributed by atoms with Crippen LogP contribution in [0.2, 0.25) is 0 Å². The molecule has 1 aliphatic heterocycles. The second-order valence-electron chi connectivity index (χ2n) is 5.41. The SMILES string of the molecule is CC1CCN(c2ccc([C@@H](C)N)cn2)C(C)C1. The van der Waals surface area contributed by atoms with E-state index in [1.807, 2.05) is 13.1 Å². The summed E-state index contributed by atoms with van der Waals surface area (Å²) < 4.78 is 0. The van der Waals surface area contributed by atoms with Crippen molar-refractivity contribution in [2.75, 3.05) is 11.4 Å². The Morgan fingerprint density at radius 2 is 2.18 bits per heavy atom. The van der Waals surface area contributed by atoms with Crippen molar-refractivity contribution in [2.45, 2.75) is 45.7 Å². The monoisotopic (exact) mass is 233 g/mol. The highest BCUT2D eigenvalue weighted by molar-refractivity contribution is 5.41. The predicted octanol–water partition coefficient (Wildman–Crippen LogP) is 2.73. The topological polar surface area (TPSA) is 42.1 Å². The van der Waals surface area contributed by atoms with Crippen LogP contribution >= 0.6 is 0 Å². The summed E-state index contributed by atoms with van der Waals surface area (Å²) in [6.45, 7) is 7.73. The molecule has 1 aromatic rings. The van der Waals surface area contributed by atoms with Gasteiger partial charge in [-0.25, -0.2) is 4.98 Å². The fourth-order valence-corrected chi connectivity index (χ4v) is 2.58. The summed E-state index contributed by atoms with van der Waals surface area (Å²) in [5.74, 6) is 1.93. The van der Waals surface area contributed by atoms with Gasteiger partial charge >= 0.3 is 0 Å². The normalized spacial score (nSPS) is 26.9. The van der Waals surface area contributed by atoms with E-state index >= 15 is 0 Å². The molecule has 0 spiro atoms. The van der Waals surface area contributed by atoms with Gasteiger partial charge in [-0.05, 0) is 44.2 Å². The number of nitrogens with zero attached hydrogens (tertiary/aromatic N) is 2. The molecule has 2 unspecified atom stereocenters. The highest BCUT2D eigenvalue weighted by Gasteiger charge is 2.23. The van der Waals surface area contributed by atoms with Gasteiger partial charge in [0.25, 0.3) is 0 Å². The Balaban J connectivity index is 2.11.